The van der Waals surface area contributed by atoms with Crippen LogP contribution < -0.4 is 5.56 Å². The minimum Gasteiger partial charge on any atom is -0.282 e. The largest absolute Gasteiger partial charge is 0.285 e. The molecular formula is C13H7N7O3. The van der Waals surface area contributed by atoms with Gasteiger partial charge >= 0.3 is 0 Å². The van der Waals surface area contributed by atoms with E-state index in [0.717, 1.165) is 0 Å². The van der Waals surface area contributed by atoms with Crippen molar-refractivity contribution in [3.05, 3.63) is 63.3 Å². The van der Waals surface area contributed by atoms with Gasteiger partial charge in [-0.15, -0.1) is 10.2 Å². The van der Waals surface area contributed by atoms with E-state index in [1.807, 2.05) is 0 Å². The van der Waals surface area contributed by atoms with Crippen molar-refractivity contribution < 1.29 is 4.92 Å². The van der Waals surface area contributed by atoms with Crippen molar-refractivity contribution in [3.63, 3.8) is 0 Å². The molecule has 1 aromatic carbocycles. The Morgan fingerprint density at radius 2 is 2.04 bits per heavy atom. The standard InChI is InChI=1S/C13H7N7O3/c21-12-11-10(19-13(17-16-11)14-7-15-19)4-5-18(12)8-2-1-3-9(6-8)20(22)23/h1-7H. The highest BCUT2D eigenvalue weighted by Crippen LogP contribution is 2.16. The molecule has 0 unspecified atom stereocenters. The minimum absolute atomic E-state index is 0.0945. The second-order valence-electron chi connectivity index (χ2n) is 4.67. The van der Waals surface area contributed by atoms with Crippen molar-refractivity contribution in [1.82, 2.24) is 29.4 Å². The lowest BCUT2D eigenvalue weighted by atomic mass is 10.2. The van der Waals surface area contributed by atoms with Gasteiger partial charge in [0, 0.05) is 18.3 Å². The molecule has 0 radical (unpaired) electrons. The Labute approximate surface area is 126 Å². The van der Waals surface area contributed by atoms with Crippen LogP contribution in [0.4, 0.5) is 5.69 Å². The molecule has 3 aromatic heterocycles. The van der Waals surface area contributed by atoms with E-state index in [2.05, 4.69) is 20.3 Å². The molecule has 112 valence electrons. The minimum atomic E-state index is -0.520. The molecule has 0 aliphatic carbocycles. The SMILES string of the molecule is O=c1c2nnc3ncnn3c2ccn1-c1cccc([N+](=O)[O-])c1. The number of nitro benzene ring substituents is 1. The molecule has 0 aliphatic rings. The van der Waals surface area contributed by atoms with Crippen LogP contribution in [-0.2, 0) is 0 Å². The summed E-state index contributed by atoms with van der Waals surface area (Å²) in [4.78, 5) is 26.9. The van der Waals surface area contributed by atoms with Gasteiger partial charge in [0.25, 0.3) is 17.0 Å². The van der Waals surface area contributed by atoms with E-state index in [1.165, 1.54) is 39.8 Å². The Morgan fingerprint density at radius 3 is 2.87 bits per heavy atom. The molecule has 0 spiro atoms. The van der Waals surface area contributed by atoms with Gasteiger partial charge in [0.2, 0.25) is 0 Å². The zero-order chi connectivity index (χ0) is 16.0. The fourth-order valence-corrected chi connectivity index (χ4v) is 2.31. The molecule has 0 amide bonds. The summed E-state index contributed by atoms with van der Waals surface area (Å²) in [7, 11) is 0. The van der Waals surface area contributed by atoms with Gasteiger partial charge in [0.05, 0.1) is 10.6 Å². The van der Waals surface area contributed by atoms with Crippen LogP contribution >= 0.6 is 0 Å². The van der Waals surface area contributed by atoms with Gasteiger partial charge in [0.15, 0.2) is 5.52 Å². The first kappa shape index (κ1) is 13.0. The van der Waals surface area contributed by atoms with Crippen LogP contribution in [0.1, 0.15) is 0 Å². The molecular weight excluding hydrogens is 302 g/mol. The first-order valence-electron chi connectivity index (χ1n) is 6.48. The van der Waals surface area contributed by atoms with Gasteiger partial charge < -0.3 is 0 Å². The van der Waals surface area contributed by atoms with Gasteiger partial charge in [0.1, 0.15) is 11.8 Å². The highest BCUT2D eigenvalue weighted by Gasteiger charge is 2.13. The summed E-state index contributed by atoms with van der Waals surface area (Å²) in [5.41, 5.74) is 0.364. The number of fused-ring (bicyclic) bond motifs is 3. The summed E-state index contributed by atoms with van der Waals surface area (Å²) >= 11 is 0. The predicted molar refractivity (Wildman–Crippen MR) is 78.3 cm³/mol. The number of nitro groups is 1. The van der Waals surface area contributed by atoms with Gasteiger partial charge in [-0.3, -0.25) is 19.5 Å². The van der Waals surface area contributed by atoms with Crippen LogP contribution in [0.25, 0.3) is 22.5 Å². The lowest BCUT2D eigenvalue weighted by molar-refractivity contribution is -0.384. The summed E-state index contributed by atoms with van der Waals surface area (Å²) in [6.07, 6.45) is 2.82. The summed E-state index contributed by atoms with van der Waals surface area (Å²) in [5.74, 6) is 0.282. The first-order valence-corrected chi connectivity index (χ1v) is 6.48. The van der Waals surface area contributed by atoms with Crippen molar-refractivity contribution in [2.24, 2.45) is 0 Å². The van der Waals surface area contributed by atoms with Crippen molar-refractivity contribution in [1.29, 1.82) is 0 Å². The van der Waals surface area contributed by atoms with Gasteiger partial charge in [-0.1, -0.05) is 6.07 Å². The maximum Gasteiger partial charge on any atom is 0.285 e. The average Bonchev–Trinajstić information content (AvgIpc) is 3.04. The van der Waals surface area contributed by atoms with E-state index in [1.54, 1.807) is 12.1 Å². The molecule has 4 rings (SSSR count). The van der Waals surface area contributed by atoms with E-state index in [9.17, 15) is 14.9 Å². The van der Waals surface area contributed by atoms with Crippen LogP contribution in [0.5, 0.6) is 0 Å². The monoisotopic (exact) mass is 309 g/mol. The second kappa shape index (κ2) is 4.66. The quantitative estimate of drug-likeness (QED) is 0.395. The maximum absolute atomic E-state index is 12.6. The Kier molecular flexibility index (Phi) is 2.64. The number of nitrogens with zero attached hydrogens (tertiary/aromatic N) is 7. The number of non-ortho nitro benzene ring substituents is 1. The molecule has 0 atom stereocenters. The Hall–Kier alpha value is -3.69. The lowest BCUT2D eigenvalue weighted by Gasteiger charge is -2.06. The number of benzene rings is 1. The fraction of sp³-hybridized carbons (Fsp3) is 0. The van der Waals surface area contributed by atoms with Crippen LogP contribution in [-0.4, -0.2) is 34.3 Å². The number of hydrogen-bond donors (Lipinski definition) is 0. The maximum atomic E-state index is 12.6. The number of pyridine rings is 1. The van der Waals surface area contributed by atoms with Crippen LogP contribution in [0.15, 0.2) is 47.7 Å². The molecule has 0 fully saturated rings. The summed E-state index contributed by atoms with van der Waals surface area (Å²) < 4.78 is 2.67. The van der Waals surface area contributed by atoms with E-state index < -0.39 is 10.5 Å². The average molecular weight is 309 g/mol. The predicted octanol–water partition coefficient (Wildman–Crippen LogP) is 0.732. The van der Waals surface area contributed by atoms with Crippen LogP contribution in [0.2, 0.25) is 0 Å². The highest BCUT2D eigenvalue weighted by atomic mass is 16.6. The zero-order valence-corrected chi connectivity index (χ0v) is 11.4. The Morgan fingerprint density at radius 1 is 1.17 bits per heavy atom. The molecule has 0 saturated carbocycles. The Balaban J connectivity index is 2.00. The van der Waals surface area contributed by atoms with Crippen molar-refractivity contribution in [3.8, 4) is 5.69 Å². The third kappa shape index (κ3) is 1.92. The Bertz CT molecular complexity index is 1130. The third-order valence-corrected chi connectivity index (χ3v) is 3.36. The summed E-state index contributed by atoms with van der Waals surface area (Å²) in [6, 6.07) is 7.41. The molecule has 0 N–H and O–H groups in total. The fourth-order valence-electron chi connectivity index (χ4n) is 2.31. The van der Waals surface area contributed by atoms with Gasteiger partial charge in [-0.2, -0.15) is 14.6 Å². The third-order valence-electron chi connectivity index (χ3n) is 3.36. The molecule has 10 heteroatoms. The van der Waals surface area contributed by atoms with E-state index >= 15 is 0 Å². The first-order chi connectivity index (χ1) is 11.1. The van der Waals surface area contributed by atoms with Crippen molar-refractivity contribution in [2.45, 2.75) is 0 Å². The van der Waals surface area contributed by atoms with Crippen molar-refractivity contribution in [2.75, 3.05) is 0 Å². The lowest BCUT2D eigenvalue weighted by Crippen LogP contribution is -2.20. The number of rotatable bonds is 2. The molecule has 0 saturated heterocycles. The molecule has 10 nitrogen and oxygen atoms in total. The van der Waals surface area contributed by atoms with Crippen molar-refractivity contribution >= 4 is 22.5 Å². The van der Waals surface area contributed by atoms with Crippen LogP contribution in [0.3, 0.4) is 0 Å². The smallest absolute Gasteiger partial charge is 0.282 e. The van der Waals surface area contributed by atoms with E-state index in [0.29, 0.717) is 11.2 Å². The topological polar surface area (TPSA) is 121 Å². The summed E-state index contributed by atoms with van der Waals surface area (Å²) in [5, 5.41) is 22.6. The molecule has 0 aliphatic heterocycles. The zero-order valence-electron chi connectivity index (χ0n) is 11.4. The van der Waals surface area contributed by atoms with Gasteiger partial charge in [-0.25, -0.2) is 0 Å². The number of hydrogen-bond acceptors (Lipinski definition) is 7. The van der Waals surface area contributed by atoms with E-state index in [-0.39, 0.29) is 17.0 Å². The number of aromatic nitrogens is 6. The molecule has 3 heterocycles. The normalized spacial score (nSPS) is 11.1. The molecule has 4 aromatic rings. The summed E-state index contributed by atoms with van der Waals surface area (Å²) in [6.45, 7) is 0. The molecule has 0 bridgehead atoms. The highest BCUT2D eigenvalue weighted by molar-refractivity contribution is 5.74. The molecule has 23 heavy (non-hydrogen) atoms. The van der Waals surface area contributed by atoms with Crippen LogP contribution in [0, 0.1) is 10.1 Å². The second-order valence-corrected chi connectivity index (χ2v) is 4.67. The van der Waals surface area contributed by atoms with E-state index in [4.69, 9.17) is 0 Å². The van der Waals surface area contributed by atoms with Gasteiger partial charge in [-0.05, 0) is 12.1 Å².